The highest BCUT2D eigenvalue weighted by atomic mass is 35.5. The van der Waals surface area contributed by atoms with Gasteiger partial charge in [-0.15, -0.1) is 0 Å². The van der Waals surface area contributed by atoms with E-state index >= 15 is 0 Å². The maximum absolute atomic E-state index is 12.1. The van der Waals surface area contributed by atoms with E-state index in [0.29, 0.717) is 5.92 Å². The second kappa shape index (κ2) is 5.00. The fourth-order valence-electron chi connectivity index (χ4n) is 4.36. The Morgan fingerprint density at radius 3 is 2.91 bits per heavy atom. The maximum atomic E-state index is 12.1. The third-order valence-electron chi connectivity index (χ3n) is 5.21. The average molecular weight is 319 g/mol. The number of carbonyl (C=O) groups is 1. The van der Waals surface area contributed by atoms with Gasteiger partial charge in [0.1, 0.15) is 6.04 Å². The standard InChI is InChI=1S/C17H19ClN2O2/c1-3-19-13(17(21)22-2)8-10-9-20-12-7-5-4-6-11(12)14(18)16(20)15(10)19/h4-7,10,13,15H,3,8-9H2,1-2H3/t10-,13-,15-/m0/s1. The van der Waals surface area contributed by atoms with Crippen LogP contribution in [0.3, 0.4) is 0 Å². The molecule has 0 bridgehead atoms. The van der Waals surface area contributed by atoms with Crippen molar-refractivity contribution in [3.63, 3.8) is 0 Å². The first-order valence-corrected chi connectivity index (χ1v) is 8.15. The van der Waals surface area contributed by atoms with Crippen LogP contribution in [0, 0.1) is 5.92 Å². The second-order valence-electron chi connectivity index (χ2n) is 6.14. The van der Waals surface area contributed by atoms with Crippen molar-refractivity contribution in [2.24, 2.45) is 5.92 Å². The molecule has 22 heavy (non-hydrogen) atoms. The number of aromatic nitrogens is 1. The molecule has 2 aromatic rings. The largest absolute Gasteiger partial charge is 0.468 e. The van der Waals surface area contributed by atoms with Gasteiger partial charge in [-0.25, -0.2) is 0 Å². The van der Waals surface area contributed by atoms with Gasteiger partial charge < -0.3 is 9.30 Å². The average Bonchev–Trinajstić information content (AvgIpc) is 3.15. The number of ether oxygens (including phenoxy) is 1. The van der Waals surface area contributed by atoms with Crippen LogP contribution in [0.25, 0.3) is 10.9 Å². The molecule has 0 N–H and O–H groups in total. The number of hydrogen-bond acceptors (Lipinski definition) is 3. The lowest BCUT2D eigenvalue weighted by Gasteiger charge is -2.26. The predicted octanol–water partition coefficient (Wildman–Crippen LogP) is 3.23. The Hall–Kier alpha value is -1.52. The van der Waals surface area contributed by atoms with Crippen LogP contribution >= 0.6 is 11.6 Å². The molecule has 116 valence electrons. The minimum absolute atomic E-state index is 0.130. The summed E-state index contributed by atoms with van der Waals surface area (Å²) in [7, 11) is 1.47. The Balaban J connectivity index is 1.83. The van der Waals surface area contributed by atoms with Gasteiger partial charge in [0.25, 0.3) is 0 Å². The summed E-state index contributed by atoms with van der Waals surface area (Å²) >= 11 is 6.69. The summed E-state index contributed by atoms with van der Waals surface area (Å²) in [6, 6.07) is 8.34. The summed E-state index contributed by atoms with van der Waals surface area (Å²) in [5, 5.41) is 1.95. The molecule has 0 saturated carbocycles. The number of rotatable bonds is 2. The molecule has 5 heteroatoms. The van der Waals surface area contributed by atoms with Crippen molar-refractivity contribution in [2.45, 2.75) is 32.0 Å². The summed E-state index contributed by atoms with van der Waals surface area (Å²) in [4.78, 5) is 14.3. The minimum atomic E-state index is -0.146. The first-order chi connectivity index (χ1) is 10.7. The molecule has 0 aliphatic carbocycles. The number of fused-ring (bicyclic) bond motifs is 5. The van der Waals surface area contributed by atoms with E-state index in [4.69, 9.17) is 16.3 Å². The lowest BCUT2D eigenvalue weighted by Crippen LogP contribution is -2.38. The van der Waals surface area contributed by atoms with Gasteiger partial charge in [0.15, 0.2) is 0 Å². The second-order valence-corrected chi connectivity index (χ2v) is 6.51. The van der Waals surface area contributed by atoms with E-state index in [9.17, 15) is 4.79 Å². The van der Waals surface area contributed by atoms with Crippen LogP contribution in [0.5, 0.6) is 0 Å². The van der Waals surface area contributed by atoms with Crippen molar-refractivity contribution in [3.8, 4) is 0 Å². The summed E-state index contributed by atoms with van der Waals surface area (Å²) in [5.41, 5.74) is 2.36. The lowest BCUT2D eigenvalue weighted by molar-refractivity contribution is -0.146. The van der Waals surface area contributed by atoms with Gasteiger partial charge in [-0.05, 0) is 19.0 Å². The molecule has 0 spiro atoms. The minimum Gasteiger partial charge on any atom is -0.468 e. The molecule has 0 amide bonds. The highest BCUT2D eigenvalue weighted by Crippen LogP contribution is 2.51. The van der Waals surface area contributed by atoms with Crippen LogP contribution in [0.15, 0.2) is 24.3 Å². The van der Waals surface area contributed by atoms with Gasteiger partial charge in [-0.1, -0.05) is 36.7 Å². The smallest absolute Gasteiger partial charge is 0.323 e. The predicted molar refractivity (Wildman–Crippen MR) is 86.0 cm³/mol. The van der Waals surface area contributed by atoms with Crippen LogP contribution in [-0.4, -0.2) is 35.1 Å². The molecule has 4 rings (SSSR count). The number of likely N-dealkylation sites (N-methyl/N-ethyl adjacent to an activating group) is 1. The Labute approximate surface area is 134 Å². The molecule has 3 atom stereocenters. The molecule has 3 heterocycles. The van der Waals surface area contributed by atoms with Crippen LogP contribution in [0.4, 0.5) is 0 Å². The number of methoxy groups -OCH3 is 1. The van der Waals surface area contributed by atoms with E-state index in [2.05, 4.69) is 34.6 Å². The SMILES string of the molecule is CCN1[C@@H]2c3c(Cl)c4ccccc4n3C[C@@H]2C[C@H]1C(=O)OC. The quantitative estimate of drug-likeness (QED) is 0.797. The first kappa shape index (κ1) is 14.1. The van der Waals surface area contributed by atoms with Gasteiger partial charge in [0, 0.05) is 23.4 Å². The van der Waals surface area contributed by atoms with Crippen molar-refractivity contribution in [1.82, 2.24) is 9.47 Å². The van der Waals surface area contributed by atoms with E-state index in [1.807, 2.05) is 6.07 Å². The number of nitrogens with zero attached hydrogens (tertiary/aromatic N) is 2. The molecule has 1 aromatic carbocycles. The number of carbonyl (C=O) groups excluding carboxylic acids is 1. The third-order valence-corrected chi connectivity index (χ3v) is 5.61. The van der Waals surface area contributed by atoms with E-state index in [-0.39, 0.29) is 18.1 Å². The normalized spacial score (nSPS) is 27.1. The Bertz CT molecular complexity index is 754. The summed E-state index contributed by atoms with van der Waals surface area (Å²) in [6.07, 6.45) is 0.845. The Kier molecular flexibility index (Phi) is 3.20. The monoisotopic (exact) mass is 318 g/mol. The molecule has 2 aliphatic rings. The van der Waals surface area contributed by atoms with Crippen LogP contribution in [0.2, 0.25) is 5.02 Å². The fraction of sp³-hybridized carbons (Fsp3) is 0.471. The van der Waals surface area contributed by atoms with Crippen LogP contribution in [0.1, 0.15) is 25.1 Å². The Morgan fingerprint density at radius 2 is 2.18 bits per heavy atom. The van der Waals surface area contributed by atoms with Gasteiger partial charge in [0.2, 0.25) is 0 Å². The van der Waals surface area contributed by atoms with E-state index in [0.717, 1.165) is 29.9 Å². The molecule has 1 aromatic heterocycles. The molecule has 4 nitrogen and oxygen atoms in total. The zero-order valence-electron chi connectivity index (χ0n) is 12.8. The first-order valence-electron chi connectivity index (χ1n) is 7.77. The highest BCUT2D eigenvalue weighted by Gasteiger charge is 2.50. The number of para-hydroxylation sites is 1. The summed E-state index contributed by atoms with van der Waals surface area (Å²) in [5.74, 6) is 0.302. The lowest BCUT2D eigenvalue weighted by atomic mass is 9.99. The molecule has 1 fully saturated rings. The van der Waals surface area contributed by atoms with E-state index < -0.39 is 0 Å². The molecular weight excluding hydrogens is 300 g/mol. The van der Waals surface area contributed by atoms with Gasteiger partial charge in [0.05, 0.1) is 23.9 Å². The van der Waals surface area contributed by atoms with Gasteiger partial charge >= 0.3 is 5.97 Å². The van der Waals surface area contributed by atoms with Crippen LogP contribution < -0.4 is 0 Å². The molecule has 2 aliphatic heterocycles. The number of hydrogen-bond donors (Lipinski definition) is 0. The maximum Gasteiger partial charge on any atom is 0.323 e. The molecule has 0 unspecified atom stereocenters. The third kappa shape index (κ3) is 1.71. The molecule has 0 radical (unpaired) electrons. The van der Waals surface area contributed by atoms with E-state index in [1.165, 1.54) is 18.3 Å². The molecule has 1 saturated heterocycles. The van der Waals surface area contributed by atoms with Crippen molar-refractivity contribution in [1.29, 1.82) is 0 Å². The van der Waals surface area contributed by atoms with Crippen LogP contribution in [-0.2, 0) is 16.1 Å². The summed E-state index contributed by atoms with van der Waals surface area (Å²) < 4.78 is 7.32. The molecular formula is C17H19ClN2O2. The zero-order valence-corrected chi connectivity index (χ0v) is 13.5. The van der Waals surface area contributed by atoms with Crippen molar-refractivity contribution in [3.05, 3.63) is 35.0 Å². The number of benzene rings is 1. The topological polar surface area (TPSA) is 34.5 Å². The summed E-state index contributed by atoms with van der Waals surface area (Å²) in [6.45, 7) is 3.84. The fourth-order valence-corrected chi connectivity index (χ4v) is 4.73. The number of halogens is 1. The van der Waals surface area contributed by atoms with Crippen molar-refractivity contribution in [2.75, 3.05) is 13.7 Å². The van der Waals surface area contributed by atoms with Crippen molar-refractivity contribution < 1.29 is 9.53 Å². The van der Waals surface area contributed by atoms with Gasteiger partial charge in [-0.3, -0.25) is 9.69 Å². The highest BCUT2D eigenvalue weighted by molar-refractivity contribution is 6.36. The Morgan fingerprint density at radius 1 is 1.41 bits per heavy atom. The van der Waals surface area contributed by atoms with Gasteiger partial charge in [-0.2, -0.15) is 0 Å². The number of esters is 1. The number of likely N-dealkylation sites (tertiary alicyclic amines) is 1. The van der Waals surface area contributed by atoms with Crippen molar-refractivity contribution >= 4 is 28.5 Å². The van der Waals surface area contributed by atoms with E-state index in [1.54, 1.807) is 0 Å². The zero-order chi connectivity index (χ0) is 15.4.